The fourth-order valence-electron chi connectivity index (χ4n) is 4.19. The molecule has 1 aromatic heterocycles. The minimum atomic E-state index is -4.15. The molecule has 0 bridgehead atoms. The number of aliphatic carboxylic acids is 1. The number of H-pyrrole nitrogens is 1. The van der Waals surface area contributed by atoms with E-state index in [2.05, 4.69) is 25.3 Å². The molecule has 0 aliphatic heterocycles. The highest BCUT2D eigenvalue weighted by Crippen LogP contribution is 2.25. The summed E-state index contributed by atoms with van der Waals surface area (Å²) in [6, 6.07) is 27.4. The van der Waals surface area contributed by atoms with Crippen LogP contribution in [0.25, 0.3) is 22.2 Å². The van der Waals surface area contributed by atoms with E-state index in [-0.39, 0.29) is 11.3 Å². The number of sulfonamides is 1. The van der Waals surface area contributed by atoms with E-state index < -0.39 is 28.1 Å². The lowest BCUT2D eigenvalue weighted by Crippen LogP contribution is -2.42. The minimum Gasteiger partial charge on any atom is -0.480 e. The number of anilines is 2. The third kappa shape index (κ3) is 6.34. The number of hydrogen-bond donors (Lipinski definition) is 5. The second kappa shape index (κ2) is 11.4. The second-order valence-electron chi connectivity index (χ2n) is 8.99. The molecule has 10 nitrogen and oxygen atoms in total. The SMILES string of the molecule is O=C(Nc1cccc(-c2cccc(S(=O)(=O)NC(Cc3ccccc3)C(=O)O)c2)c1)Nc1nc2ccccc2[nH]1. The van der Waals surface area contributed by atoms with Gasteiger partial charge in [0.05, 0.1) is 15.9 Å². The van der Waals surface area contributed by atoms with E-state index in [1.807, 2.05) is 24.3 Å². The summed E-state index contributed by atoms with van der Waals surface area (Å²) < 4.78 is 28.6. The summed E-state index contributed by atoms with van der Waals surface area (Å²) >= 11 is 0. The first kappa shape index (κ1) is 26.6. The molecular formula is C29H25N5O5S. The Balaban J connectivity index is 1.30. The summed E-state index contributed by atoms with van der Waals surface area (Å²) in [5, 5.41) is 15.0. The first-order valence-electron chi connectivity index (χ1n) is 12.3. The molecule has 5 aromatic rings. The van der Waals surface area contributed by atoms with E-state index in [1.54, 1.807) is 66.7 Å². The molecule has 0 spiro atoms. The van der Waals surface area contributed by atoms with Gasteiger partial charge in [0, 0.05) is 5.69 Å². The van der Waals surface area contributed by atoms with E-state index in [4.69, 9.17) is 0 Å². The van der Waals surface area contributed by atoms with Gasteiger partial charge in [-0.05, 0) is 59.5 Å². The first-order valence-corrected chi connectivity index (χ1v) is 13.8. The predicted octanol–water partition coefficient (Wildman–Crippen LogP) is 4.85. The Labute approximate surface area is 230 Å². The van der Waals surface area contributed by atoms with Crippen molar-refractivity contribution in [2.45, 2.75) is 17.4 Å². The molecule has 0 aliphatic rings. The number of imidazole rings is 1. The van der Waals surface area contributed by atoms with Gasteiger partial charge in [0.15, 0.2) is 0 Å². The van der Waals surface area contributed by atoms with Gasteiger partial charge >= 0.3 is 12.0 Å². The number of rotatable bonds is 9. The van der Waals surface area contributed by atoms with Crippen LogP contribution in [0.15, 0.2) is 108 Å². The molecule has 1 unspecified atom stereocenters. The molecule has 40 heavy (non-hydrogen) atoms. The highest BCUT2D eigenvalue weighted by molar-refractivity contribution is 7.89. The van der Waals surface area contributed by atoms with Crippen molar-refractivity contribution in [2.75, 3.05) is 10.6 Å². The maximum Gasteiger partial charge on any atom is 0.326 e. The Bertz CT molecular complexity index is 1750. The van der Waals surface area contributed by atoms with Crippen LogP contribution >= 0.6 is 0 Å². The molecule has 1 heterocycles. The van der Waals surface area contributed by atoms with E-state index in [1.165, 1.54) is 12.1 Å². The van der Waals surface area contributed by atoms with Crippen LogP contribution in [-0.2, 0) is 21.2 Å². The Kier molecular flexibility index (Phi) is 7.58. The van der Waals surface area contributed by atoms with Crippen LogP contribution in [0, 0.1) is 0 Å². The summed E-state index contributed by atoms with van der Waals surface area (Å²) in [6.07, 6.45) is -0.00109. The molecule has 0 fully saturated rings. The molecule has 2 amide bonds. The summed E-state index contributed by atoms with van der Waals surface area (Å²) in [7, 11) is -4.15. The van der Waals surface area contributed by atoms with Gasteiger partial charge in [-0.15, -0.1) is 0 Å². The average molecular weight is 556 g/mol. The number of carboxylic acids is 1. The maximum absolute atomic E-state index is 13.1. The summed E-state index contributed by atoms with van der Waals surface area (Å²) in [5.41, 5.74) is 3.90. The van der Waals surface area contributed by atoms with E-state index in [9.17, 15) is 23.1 Å². The summed E-state index contributed by atoms with van der Waals surface area (Å²) in [4.78, 5) is 31.6. The van der Waals surface area contributed by atoms with Crippen molar-refractivity contribution in [3.8, 4) is 11.1 Å². The van der Waals surface area contributed by atoms with Gasteiger partial charge in [-0.2, -0.15) is 4.72 Å². The van der Waals surface area contributed by atoms with Crippen LogP contribution < -0.4 is 15.4 Å². The molecule has 202 valence electrons. The molecule has 0 aliphatic carbocycles. The molecular weight excluding hydrogens is 530 g/mol. The smallest absolute Gasteiger partial charge is 0.326 e. The van der Waals surface area contributed by atoms with Gasteiger partial charge in [-0.25, -0.2) is 18.2 Å². The number of nitrogens with one attached hydrogen (secondary N) is 4. The number of benzene rings is 4. The van der Waals surface area contributed by atoms with Crippen molar-refractivity contribution < 1.29 is 23.1 Å². The lowest BCUT2D eigenvalue weighted by Gasteiger charge is -2.15. The number of urea groups is 1. The number of aromatic nitrogens is 2. The number of aromatic amines is 1. The number of hydrogen-bond acceptors (Lipinski definition) is 5. The van der Waals surface area contributed by atoms with Gasteiger partial charge in [0.1, 0.15) is 6.04 Å². The van der Waals surface area contributed by atoms with E-state index >= 15 is 0 Å². The Morgan fingerprint density at radius 3 is 2.27 bits per heavy atom. The van der Waals surface area contributed by atoms with Gasteiger partial charge in [-0.3, -0.25) is 10.1 Å². The van der Waals surface area contributed by atoms with Crippen LogP contribution in [0.2, 0.25) is 0 Å². The number of carbonyl (C=O) groups excluding carboxylic acids is 1. The number of para-hydroxylation sites is 2. The first-order chi connectivity index (χ1) is 19.3. The molecule has 1 atom stereocenters. The van der Waals surface area contributed by atoms with Gasteiger partial charge in [0.25, 0.3) is 0 Å². The van der Waals surface area contributed by atoms with Crippen LogP contribution in [0.5, 0.6) is 0 Å². The number of carboxylic acid groups (broad SMARTS) is 1. The number of nitrogens with zero attached hydrogens (tertiary/aromatic N) is 1. The molecule has 0 saturated carbocycles. The lowest BCUT2D eigenvalue weighted by atomic mass is 10.1. The predicted molar refractivity (Wildman–Crippen MR) is 153 cm³/mol. The summed E-state index contributed by atoms with van der Waals surface area (Å²) in [6.45, 7) is 0. The Morgan fingerprint density at radius 2 is 1.52 bits per heavy atom. The highest BCUT2D eigenvalue weighted by atomic mass is 32.2. The van der Waals surface area contributed by atoms with Crippen molar-refractivity contribution in [3.05, 3.63) is 109 Å². The lowest BCUT2D eigenvalue weighted by molar-refractivity contribution is -0.138. The van der Waals surface area contributed by atoms with Crippen LogP contribution in [0.4, 0.5) is 16.4 Å². The minimum absolute atomic E-state index is 0.00109. The van der Waals surface area contributed by atoms with Crippen LogP contribution in [0.1, 0.15) is 5.56 Å². The monoisotopic (exact) mass is 555 g/mol. The summed E-state index contributed by atoms with van der Waals surface area (Å²) in [5.74, 6) is -0.976. The second-order valence-corrected chi connectivity index (χ2v) is 10.7. The molecule has 11 heteroatoms. The zero-order chi connectivity index (χ0) is 28.1. The van der Waals surface area contributed by atoms with Crippen molar-refractivity contribution in [1.82, 2.24) is 14.7 Å². The van der Waals surface area contributed by atoms with Crippen molar-refractivity contribution in [2.24, 2.45) is 0 Å². The van der Waals surface area contributed by atoms with Crippen LogP contribution in [0.3, 0.4) is 0 Å². The molecule has 0 radical (unpaired) electrons. The van der Waals surface area contributed by atoms with E-state index in [0.29, 0.717) is 28.3 Å². The Morgan fingerprint density at radius 1 is 0.825 bits per heavy atom. The molecule has 5 rings (SSSR count). The zero-order valence-corrected chi connectivity index (χ0v) is 21.9. The van der Waals surface area contributed by atoms with Gasteiger partial charge in [0.2, 0.25) is 16.0 Å². The van der Waals surface area contributed by atoms with Crippen molar-refractivity contribution >= 4 is 44.7 Å². The number of carbonyl (C=O) groups is 2. The fraction of sp³-hybridized carbons (Fsp3) is 0.0690. The van der Waals surface area contributed by atoms with Crippen LogP contribution in [-0.4, -0.2) is 41.5 Å². The third-order valence-electron chi connectivity index (χ3n) is 6.10. The largest absolute Gasteiger partial charge is 0.480 e. The van der Waals surface area contributed by atoms with Crippen molar-refractivity contribution in [1.29, 1.82) is 0 Å². The van der Waals surface area contributed by atoms with Gasteiger partial charge in [-0.1, -0.05) is 66.7 Å². The number of amides is 2. The van der Waals surface area contributed by atoms with E-state index in [0.717, 1.165) is 11.0 Å². The maximum atomic E-state index is 13.1. The average Bonchev–Trinajstić information content (AvgIpc) is 3.35. The highest BCUT2D eigenvalue weighted by Gasteiger charge is 2.26. The standard InChI is InChI=1S/C29H25N5O5S/c35-27(36)26(16-19-8-2-1-3-9-19)34-40(38,39)23-13-7-11-21(18-23)20-10-6-12-22(17-20)30-29(37)33-28-31-24-14-4-5-15-25(24)32-28/h1-15,17-18,26,34H,16H2,(H,35,36)(H3,30,31,32,33,37). The number of fused-ring (bicyclic) bond motifs is 1. The topological polar surface area (TPSA) is 153 Å². The van der Waals surface area contributed by atoms with Gasteiger partial charge < -0.3 is 15.4 Å². The molecule has 0 saturated heterocycles. The normalized spacial score (nSPS) is 12.1. The third-order valence-corrected chi connectivity index (χ3v) is 7.57. The fourth-order valence-corrected chi connectivity index (χ4v) is 5.42. The molecule has 4 aromatic carbocycles. The van der Waals surface area contributed by atoms with Crippen molar-refractivity contribution in [3.63, 3.8) is 0 Å². The quantitative estimate of drug-likeness (QED) is 0.175. The molecule has 5 N–H and O–H groups in total. The Hall–Kier alpha value is -5.00. The zero-order valence-electron chi connectivity index (χ0n) is 21.0.